The maximum absolute atomic E-state index is 13.3. The maximum atomic E-state index is 13.3. The largest absolute Gasteiger partial charge is 0.340 e. The molecule has 5 nitrogen and oxygen atoms in total. The van der Waals surface area contributed by atoms with Crippen LogP contribution in [0.4, 0.5) is 0 Å². The van der Waals surface area contributed by atoms with E-state index in [1.54, 1.807) is 24.3 Å². The number of carbonyl (C=O) groups is 2. The van der Waals surface area contributed by atoms with Crippen molar-refractivity contribution in [1.29, 1.82) is 0 Å². The second-order valence-electron chi connectivity index (χ2n) is 7.30. The first kappa shape index (κ1) is 18.2. The maximum Gasteiger partial charge on any atom is 0.253 e. The summed E-state index contributed by atoms with van der Waals surface area (Å²) in [7, 11) is 0. The molecule has 3 atom stereocenters. The standard InChI is InChI=1S/C19H26ClN3O2/c1-12(2)17(22-18(24)15-5-3-4-6-16(15)20)19(25)23-13-7-8-14(23)11-21-10-9-13/h3-6,12-14,17,21H,7-11H2,1-2H3,(H,22,24). The van der Waals surface area contributed by atoms with Crippen molar-refractivity contribution in [2.75, 3.05) is 13.1 Å². The van der Waals surface area contributed by atoms with Crippen LogP contribution in [0, 0.1) is 5.92 Å². The Morgan fingerprint density at radius 2 is 1.92 bits per heavy atom. The molecule has 0 radical (unpaired) electrons. The summed E-state index contributed by atoms with van der Waals surface area (Å²) in [6, 6.07) is 6.90. The lowest BCUT2D eigenvalue weighted by Crippen LogP contribution is -2.55. The van der Waals surface area contributed by atoms with Gasteiger partial charge in [0.15, 0.2) is 0 Å². The minimum Gasteiger partial charge on any atom is -0.340 e. The van der Waals surface area contributed by atoms with Crippen molar-refractivity contribution < 1.29 is 9.59 Å². The fourth-order valence-corrected chi connectivity index (χ4v) is 4.10. The number of rotatable bonds is 4. The van der Waals surface area contributed by atoms with Gasteiger partial charge >= 0.3 is 0 Å². The molecule has 2 heterocycles. The Morgan fingerprint density at radius 3 is 2.64 bits per heavy atom. The molecule has 0 aromatic heterocycles. The van der Waals surface area contributed by atoms with Crippen LogP contribution in [0.1, 0.15) is 43.5 Å². The highest BCUT2D eigenvalue weighted by Gasteiger charge is 2.41. The zero-order valence-corrected chi connectivity index (χ0v) is 15.6. The lowest BCUT2D eigenvalue weighted by molar-refractivity contribution is -0.137. The second-order valence-corrected chi connectivity index (χ2v) is 7.71. The molecule has 0 spiro atoms. The molecule has 1 aromatic carbocycles. The third-order valence-electron chi connectivity index (χ3n) is 5.25. The van der Waals surface area contributed by atoms with E-state index in [9.17, 15) is 9.59 Å². The molecule has 2 amide bonds. The van der Waals surface area contributed by atoms with Crippen molar-refractivity contribution >= 4 is 23.4 Å². The van der Waals surface area contributed by atoms with Gasteiger partial charge in [-0.05, 0) is 43.9 Å². The van der Waals surface area contributed by atoms with E-state index in [1.165, 1.54) is 0 Å². The van der Waals surface area contributed by atoms with Gasteiger partial charge < -0.3 is 15.5 Å². The van der Waals surface area contributed by atoms with Crippen LogP contribution in [-0.2, 0) is 4.79 Å². The van der Waals surface area contributed by atoms with Crippen LogP contribution in [0.25, 0.3) is 0 Å². The third-order valence-corrected chi connectivity index (χ3v) is 5.58. The molecule has 25 heavy (non-hydrogen) atoms. The van der Waals surface area contributed by atoms with E-state index in [0.717, 1.165) is 32.4 Å². The number of hydrogen-bond acceptors (Lipinski definition) is 3. The van der Waals surface area contributed by atoms with E-state index in [-0.39, 0.29) is 29.8 Å². The van der Waals surface area contributed by atoms with E-state index in [4.69, 9.17) is 11.6 Å². The molecule has 3 unspecified atom stereocenters. The first-order valence-electron chi connectivity index (χ1n) is 9.07. The second kappa shape index (κ2) is 7.75. The number of nitrogens with one attached hydrogen (secondary N) is 2. The number of amides is 2. The SMILES string of the molecule is CC(C)C(NC(=O)c1ccccc1Cl)C(=O)N1C2CCNCC1CC2. The average molecular weight is 364 g/mol. The van der Waals surface area contributed by atoms with E-state index < -0.39 is 6.04 Å². The topological polar surface area (TPSA) is 61.4 Å². The molecular weight excluding hydrogens is 338 g/mol. The van der Waals surface area contributed by atoms with Gasteiger partial charge in [-0.2, -0.15) is 0 Å². The summed E-state index contributed by atoms with van der Waals surface area (Å²) in [6.45, 7) is 5.72. The van der Waals surface area contributed by atoms with Gasteiger partial charge in [0, 0.05) is 18.6 Å². The molecule has 1 aromatic rings. The Bertz CT molecular complexity index is 635. The summed E-state index contributed by atoms with van der Waals surface area (Å²) in [5, 5.41) is 6.73. The van der Waals surface area contributed by atoms with Gasteiger partial charge in [-0.25, -0.2) is 0 Å². The van der Waals surface area contributed by atoms with Crippen molar-refractivity contribution in [1.82, 2.24) is 15.5 Å². The summed E-state index contributed by atoms with van der Waals surface area (Å²) < 4.78 is 0. The van der Waals surface area contributed by atoms with Crippen LogP contribution >= 0.6 is 11.6 Å². The predicted octanol–water partition coefficient (Wildman–Crippen LogP) is 2.45. The molecule has 0 aliphatic carbocycles. The van der Waals surface area contributed by atoms with Crippen molar-refractivity contribution in [3.8, 4) is 0 Å². The van der Waals surface area contributed by atoms with E-state index in [0.29, 0.717) is 10.6 Å². The molecule has 2 fully saturated rings. The van der Waals surface area contributed by atoms with E-state index in [2.05, 4.69) is 10.6 Å². The minimum atomic E-state index is -0.537. The Kier molecular flexibility index (Phi) is 5.64. The quantitative estimate of drug-likeness (QED) is 0.863. The fourth-order valence-electron chi connectivity index (χ4n) is 3.88. The Balaban J connectivity index is 1.78. The predicted molar refractivity (Wildman–Crippen MR) is 98.7 cm³/mol. The molecular formula is C19H26ClN3O2. The summed E-state index contributed by atoms with van der Waals surface area (Å²) in [4.78, 5) is 27.9. The first-order chi connectivity index (χ1) is 12.0. The van der Waals surface area contributed by atoms with Gasteiger partial charge in [0.2, 0.25) is 5.91 Å². The Labute approximate surface area is 154 Å². The monoisotopic (exact) mass is 363 g/mol. The molecule has 2 aliphatic heterocycles. The molecule has 6 heteroatoms. The summed E-state index contributed by atoms with van der Waals surface area (Å²) in [6.07, 6.45) is 3.07. The fraction of sp³-hybridized carbons (Fsp3) is 0.579. The smallest absolute Gasteiger partial charge is 0.253 e. The van der Waals surface area contributed by atoms with Gasteiger partial charge in [0.25, 0.3) is 5.91 Å². The lowest BCUT2D eigenvalue weighted by Gasteiger charge is -2.33. The molecule has 2 N–H and O–H groups in total. The van der Waals surface area contributed by atoms with Crippen LogP contribution in [0.15, 0.2) is 24.3 Å². The number of fused-ring (bicyclic) bond motifs is 2. The minimum absolute atomic E-state index is 0.00884. The molecule has 136 valence electrons. The molecule has 2 bridgehead atoms. The number of carbonyl (C=O) groups excluding carboxylic acids is 2. The van der Waals surface area contributed by atoms with Crippen LogP contribution in [0.2, 0.25) is 5.02 Å². The highest BCUT2D eigenvalue weighted by Crippen LogP contribution is 2.29. The highest BCUT2D eigenvalue weighted by atomic mass is 35.5. The zero-order chi connectivity index (χ0) is 18.0. The van der Waals surface area contributed by atoms with Gasteiger partial charge in [-0.1, -0.05) is 37.6 Å². The average Bonchev–Trinajstić information content (AvgIpc) is 2.84. The lowest BCUT2D eigenvalue weighted by atomic mass is 10.0. The van der Waals surface area contributed by atoms with Crippen LogP contribution in [-0.4, -0.2) is 47.9 Å². The Morgan fingerprint density at radius 1 is 1.20 bits per heavy atom. The number of benzene rings is 1. The highest BCUT2D eigenvalue weighted by molar-refractivity contribution is 6.33. The molecule has 2 aliphatic rings. The van der Waals surface area contributed by atoms with Crippen molar-refractivity contribution in [2.24, 2.45) is 5.92 Å². The summed E-state index contributed by atoms with van der Waals surface area (Å²) >= 11 is 6.12. The van der Waals surface area contributed by atoms with Gasteiger partial charge in [0.05, 0.1) is 10.6 Å². The van der Waals surface area contributed by atoms with E-state index >= 15 is 0 Å². The number of nitrogens with zero attached hydrogens (tertiary/aromatic N) is 1. The molecule has 0 saturated carbocycles. The van der Waals surface area contributed by atoms with Crippen molar-refractivity contribution in [3.05, 3.63) is 34.9 Å². The molecule has 2 saturated heterocycles. The Hall–Kier alpha value is -1.59. The summed E-state index contributed by atoms with van der Waals surface area (Å²) in [5.41, 5.74) is 0.406. The van der Waals surface area contributed by atoms with Crippen LogP contribution < -0.4 is 10.6 Å². The van der Waals surface area contributed by atoms with Gasteiger partial charge in [0.1, 0.15) is 6.04 Å². The van der Waals surface area contributed by atoms with Gasteiger partial charge in [-0.3, -0.25) is 9.59 Å². The number of halogens is 1. The van der Waals surface area contributed by atoms with Crippen LogP contribution in [0.5, 0.6) is 0 Å². The third kappa shape index (κ3) is 3.82. The summed E-state index contributed by atoms with van der Waals surface area (Å²) in [5.74, 6) is -0.251. The van der Waals surface area contributed by atoms with Gasteiger partial charge in [-0.15, -0.1) is 0 Å². The molecule has 3 rings (SSSR count). The van der Waals surface area contributed by atoms with Crippen LogP contribution in [0.3, 0.4) is 0 Å². The first-order valence-corrected chi connectivity index (χ1v) is 9.45. The zero-order valence-electron chi connectivity index (χ0n) is 14.8. The van der Waals surface area contributed by atoms with E-state index in [1.807, 2.05) is 18.7 Å². The van der Waals surface area contributed by atoms with Crippen molar-refractivity contribution in [3.63, 3.8) is 0 Å². The van der Waals surface area contributed by atoms with Crippen molar-refractivity contribution in [2.45, 2.75) is 51.2 Å². The number of hydrogen-bond donors (Lipinski definition) is 2. The normalized spacial score (nSPS) is 24.1.